The third-order valence-corrected chi connectivity index (χ3v) is 4.57. The molecule has 0 aliphatic carbocycles. The number of amides is 1. The number of carbonyl (C=O) groups is 1. The van der Waals surface area contributed by atoms with Gasteiger partial charge in [-0.3, -0.25) is 4.79 Å². The van der Waals surface area contributed by atoms with Gasteiger partial charge in [0.1, 0.15) is 5.75 Å². The summed E-state index contributed by atoms with van der Waals surface area (Å²) in [6.07, 6.45) is 1.92. The Balaban J connectivity index is 2.02. The van der Waals surface area contributed by atoms with Crippen molar-refractivity contribution in [3.63, 3.8) is 0 Å². The number of carbonyl (C=O) groups excluding carboxylic acids is 1. The lowest BCUT2D eigenvalue weighted by Crippen LogP contribution is -2.49. The van der Waals surface area contributed by atoms with Gasteiger partial charge in [-0.15, -0.1) is 0 Å². The lowest BCUT2D eigenvalue weighted by molar-refractivity contribution is -0.125. The number of fused-ring (bicyclic) bond motifs is 1. The van der Waals surface area contributed by atoms with E-state index in [1.54, 1.807) is 0 Å². The molecule has 0 bridgehead atoms. The van der Waals surface area contributed by atoms with Crippen LogP contribution in [0.2, 0.25) is 0 Å². The van der Waals surface area contributed by atoms with Gasteiger partial charge in [-0.2, -0.15) is 0 Å². The first-order valence-electron chi connectivity index (χ1n) is 7.38. The molecule has 1 saturated heterocycles. The van der Waals surface area contributed by atoms with Crippen LogP contribution in [0.3, 0.4) is 0 Å². The SMILES string of the molecule is CC1CC(C)C(C(N)=O)C(c2cccc3c2OCC3)N1. The summed E-state index contributed by atoms with van der Waals surface area (Å²) in [5, 5.41) is 3.54. The summed E-state index contributed by atoms with van der Waals surface area (Å²) in [5.41, 5.74) is 7.98. The maximum absolute atomic E-state index is 11.9. The molecule has 0 saturated carbocycles. The molecule has 3 rings (SSSR count). The molecule has 1 aromatic carbocycles. The Morgan fingerprint density at radius 2 is 2.20 bits per heavy atom. The highest BCUT2D eigenvalue weighted by atomic mass is 16.5. The van der Waals surface area contributed by atoms with E-state index < -0.39 is 0 Å². The number of ether oxygens (including phenoxy) is 1. The molecule has 2 aliphatic heterocycles. The summed E-state index contributed by atoms with van der Waals surface area (Å²) >= 11 is 0. The minimum absolute atomic E-state index is 0.0423. The molecule has 4 heteroatoms. The van der Waals surface area contributed by atoms with Crippen molar-refractivity contribution in [2.75, 3.05) is 6.61 Å². The van der Waals surface area contributed by atoms with Crippen LogP contribution in [0, 0.1) is 11.8 Å². The Hall–Kier alpha value is -1.55. The monoisotopic (exact) mass is 274 g/mol. The molecule has 0 spiro atoms. The summed E-state index contributed by atoms with van der Waals surface area (Å²) in [5.74, 6) is 0.836. The second kappa shape index (κ2) is 5.09. The highest BCUT2D eigenvalue weighted by molar-refractivity contribution is 5.78. The van der Waals surface area contributed by atoms with Crippen molar-refractivity contribution in [3.05, 3.63) is 29.3 Å². The average molecular weight is 274 g/mol. The van der Waals surface area contributed by atoms with Crippen molar-refractivity contribution in [2.45, 2.75) is 38.8 Å². The zero-order valence-corrected chi connectivity index (χ0v) is 12.1. The lowest BCUT2D eigenvalue weighted by atomic mass is 9.76. The van der Waals surface area contributed by atoms with E-state index >= 15 is 0 Å². The number of nitrogens with two attached hydrogens (primary N) is 1. The molecular formula is C16H22N2O2. The van der Waals surface area contributed by atoms with Gasteiger partial charge in [0.2, 0.25) is 5.91 Å². The van der Waals surface area contributed by atoms with Crippen molar-refractivity contribution >= 4 is 5.91 Å². The summed E-state index contributed by atoms with van der Waals surface area (Å²) in [6, 6.07) is 6.54. The Bertz CT molecular complexity index is 529. The van der Waals surface area contributed by atoms with E-state index in [1.807, 2.05) is 6.07 Å². The zero-order chi connectivity index (χ0) is 14.3. The number of piperidine rings is 1. The van der Waals surface area contributed by atoms with E-state index in [4.69, 9.17) is 10.5 Å². The second-order valence-electron chi connectivity index (χ2n) is 6.12. The highest BCUT2D eigenvalue weighted by Crippen LogP contribution is 2.41. The third kappa shape index (κ3) is 2.18. The van der Waals surface area contributed by atoms with E-state index in [0.717, 1.165) is 30.8 Å². The van der Waals surface area contributed by atoms with Gasteiger partial charge in [0.25, 0.3) is 0 Å². The fourth-order valence-corrected chi connectivity index (χ4v) is 3.72. The zero-order valence-electron chi connectivity index (χ0n) is 12.1. The first kappa shape index (κ1) is 13.4. The first-order chi connectivity index (χ1) is 9.58. The molecule has 4 atom stereocenters. The fraction of sp³-hybridized carbons (Fsp3) is 0.562. The Morgan fingerprint density at radius 3 is 2.95 bits per heavy atom. The molecule has 1 aromatic rings. The maximum atomic E-state index is 11.9. The Labute approximate surface area is 119 Å². The molecule has 0 aromatic heterocycles. The second-order valence-corrected chi connectivity index (χ2v) is 6.12. The number of rotatable bonds is 2. The number of primary amides is 1. The highest BCUT2D eigenvalue weighted by Gasteiger charge is 2.39. The van der Waals surface area contributed by atoms with Crippen LogP contribution in [0.5, 0.6) is 5.75 Å². The van der Waals surface area contributed by atoms with Gasteiger partial charge in [-0.25, -0.2) is 0 Å². The van der Waals surface area contributed by atoms with Gasteiger partial charge in [0, 0.05) is 24.1 Å². The number of hydrogen-bond acceptors (Lipinski definition) is 3. The van der Waals surface area contributed by atoms with Crippen molar-refractivity contribution in [2.24, 2.45) is 17.6 Å². The van der Waals surface area contributed by atoms with Crippen molar-refractivity contribution in [3.8, 4) is 5.75 Å². The molecule has 4 nitrogen and oxygen atoms in total. The smallest absolute Gasteiger partial charge is 0.222 e. The molecule has 0 radical (unpaired) electrons. The molecule has 1 fully saturated rings. The Morgan fingerprint density at radius 1 is 1.40 bits per heavy atom. The number of benzene rings is 1. The van der Waals surface area contributed by atoms with Crippen molar-refractivity contribution in [1.29, 1.82) is 0 Å². The lowest BCUT2D eigenvalue weighted by Gasteiger charge is -2.39. The van der Waals surface area contributed by atoms with E-state index in [9.17, 15) is 4.79 Å². The predicted octanol–water partition coefficient (Wildman–Crippen LogP) is 1.78. The molecule has 20 heavy (non-hydrogen) atoms. The van der Waals surface area contributed by atoms with Gasteiger partial charge >= 0.3 is 0 Å². The van der Waals surface area contributed by atoms with Gasteiger partial charge in [0.15, 0.2) is 0 Å². The molecule has 2 aliphatic rings. The molecule has 2 heterocycles. The van der Waals surface area contributed by atoms with Crippen LogP contribution in [0.1, 0.15) is 37.4 Å². The maximum Gasteiger partial charge on any atom is 0.222 e. The summed E-state index contributed by atoms with van der Waals surface area (Å²) in [7, 11) is 0. The van der Waals surface area contributed by atoms with Gasteiger partial charge < -0.3 is 15.8 Å². The number of nitrogens with one attached hydrogen (secondary N) is 1. The van der Waals surface area contributed by atoms with E-state index in [1.165, 1.54) is 5.56 Å². The molecule has 108 valence electrons. The molecular weight excluding hydrogens is 252 g/mol. The van der Waals surface area contributed by atoms with Crippen molar-refractivity contribution < 1.29 is 9.53 Å². The van der Waals surface area contributed by atoms with Gasteiger partial charge in [-0.05, 0) is 24.8 Å². The van der Waals surface area contributed by atoms with Gasteiger partial charge in [0.05, 0.1) is 12.5 Å². The van der Waals surface area contributed by atoms with Crippen LogP contribution in [0.25, 0.3) is 0 Å². The summed E-state index contributed by atoms with van der Waals surface area (Å²) in [6.45, 7) is 5.00. The number of para-hydroxylation sites is 1. The van der Waals surface area contributed by atoms with Crippen LogP contribution in [-0.4, -0.2) is 18.6 Å². The molecule has 4 unspecified atom stereocenters. The predicted molar refractivity (Wildman–Crippen MR) is 77.4 cm³/mol. The molecule has 1 amide bonds. The number of hydrogen-bond donors (Lipinski definition) is 2. The van der Waals surface area contributed by atoms with Gasteiger partial charge in [-0.1, -0.05) is 25.1 Å². The van der Waals surface area contributed by atoms with Crippen LogP contribution < -0.4 is 15.8 Å². The largest absolute Gasteiger partial charge is 0.493 e. The van der Waals surface area contributed by atoms with Crippen LogP contribution in [-0.2, 0) is 11.2 Å². The molecule has 3 N–H and O–H groups in total. The normalized spacial score (nSPS) is 32.5. The summed E-state index contributed by atoms with van der Waals surface area (Å²) < 4.78 is 5.79. The summed E-state index contributed by atoms with van der Waals surface area (Å²) in [4.78, 5) is 11.9. The Kier molecular flexibility index (Phi) is 3.42. The van der Waals surface area contributed by atoms with E-state index in [0.29, 0.717) is 6.04 Å². The van der Waals surface area contributed by atoms with Crippen LogP contribution in [0.4, 0.5) is 0 Å². The topological polar surface area (TPSA) is 64.4 Å². The van der Waals surface area contributed by atoms with E-state index in [2.05, 4.69) is 31.3 Å². The van der Waals surface area contributed by atoms with Crippen molar-refractivity contribution in [1.82, 2.24) is 5.32 Å². The minimum Gasteiger partial charge on any atom is -0.493 e. The first-order valence-corrected chi connectivity index (χ1v) is 7.38. The minimum atomic E-state index is -0.225. The third-order valence-electron chi connectivity index (χ3n) is 4.57. The average Bonchev–Trinajstić information content (AvgIpc) is 2.84. The fourth-order valence-electron chi connectivity index (χ4n) is 3.72. The van der Waals surface area contributed by atoms with Crippen LogP contribution in [0.15, 0.2) is 18.2 Å². The van der Waals surface area contributed by atoms with Crippen LogP contribution >= 0.6 is 0 Å². The standard InChI is InChI=1S/C16H22N2O2/c1-9-8-10(2)18-14(13(9)16(17)19)12-5-3-4-11-6-7-20-15(11)12/h3-5,9-10,13-14,18H,6-8H2,1-2H3,(H2,17,19). The quantitative estimate of drug-likeness (QED) is 0.864. The van der Waals surface area contributed by atoms with E-state index in [-0.39, 0.29) is 23.8 Å².